The van der Waals surface area contributed by atoms with E-state index in [9.17, 15) is 13.2 Å². The van der Waals surface area contributed by atoms with Gasteiger partial charge < -0.3 is 10.2 Å². The minimum Gasteiger partial charge on any atom is -0.335 e. The van der Waals surface area contributed by atoms with Gasteiger partial charge in [0.25, 0.3) is 0 Å². The predicted molar refractivity (Wildman–Crippen MR) is 64.0 cm³/mol. The number of nitrogens with one attached hydrogen (secondary N) is 2. The standard InChI is InChI=1S/C10H19N3O3S/c1-7(2)17(15,16)12-8-3-10(14)13(6-8)9-4-11-5-9/h7-9,11-12H,3-6H2,1-2H3. The normalized spacial score (nSPS) is 26.6. The van der Waals surface area contributed by atoms with E-state index in [1.165, 1.54) is 0 Å². The van der Waals surface area contributed by atoms with Gasteiger partial charge in [0.15, 0.2) is 0 Å². The average molecular weight is 261 g/mol. The van der Waals surface area contributed by atoms with Crippen LogP contribution in [0.5, 0.6) is 0 Å². The first-order chi connectivity index (χ1) is 7.90. The number of carbonyl (C=O) groups is 1. The Balaban J connectivity index is 1.95. The highest BCUT2D eigenvalue weighted by molar-refractivity contribution is 7.90. The van der Waals surface area contributed by atoms with Crippen molar-refractivity contribution in [3.8, 4) is 0 Å². The highest BCUT2D eigenvalue weighted by atomic mass is 32.2. The molecular weight excluding hydrogens is 242 g/mol. The maximum Gasteiger partial charge on any atom is 0.224 e. The molecule has 0 aromatic rings. The molecule has 0 aromatic heterocycles. The van der Waals surface area contributed by atoms with Gasteiger partial charge in [0.05, 0.1) is 11.3 Å². The Kier molecular flexibility index (Phi) is 3.42. The number of hydrogen-bond acceptors (Lipinski definition) is 4. The molecule has 2 fully saturated rings. The van der Waals surface area contributed by atoms with Crippen molar-refractivity contribution in [3.05, 3.63) is 0 Å². The smallest absolute Gasteiger partial charge is 0.224 e. The minimum atomic E-state index is -3.29. The van der Waals surface area contributed by atoms with Crippen LogP contribution in [-0.4, -0.2) is 56.2 Å². The maximum absolute atomic E-state index is 11.7. The summed E-state index contributed by atoms with van der Waals surface area (Å²) in [7, 11) is -3.29. The van der Waals surface area contributed by atoms with Crippen molar-refractivity contribution in [2.75, 3.05) is 19.6 Å². The van der Waals surface area contributed by atoms with E-state index in [0.717, 1.165) is 13.1 Å². The zero-order valence-corrected chi connectivity index (χ0v) is 11.0. The molecule has 17 heavy (non-hydrogen) atoms. The van der Waals surface area contributed by atoms with Crippen molar-refractivity contribution >= 4 is 15.9 Å². The summed E-state index contributed by atoms with van der Waals surface area (Å²) in [5.74, 6) is 0.0490. The molecule has 2 aliphatic heterocycles. The predicted octanol–water partition coefficient (Wildman–Crippen LogP) is -1.11. The first-order valence-corrected chi connectivity index (χ1v) is 7.46. The summed E-state index contributed by atoms with van der Waals surface area (Å²) in [6.45, 7) is 5.39. The van der Waals surface area contributed by atoms with E-state index in [4.69, 9.17) is 0 Å². The van der Waals surface area contributed by atoms with Crippen molar-refractivity contribution in [2.24, 2.45) is 0 Å². The van der Waals surface area contributed by atoms with Crippen LogP contribution < -0.4 is 10.0 Å². The summed E-state index contributed by atoms with van der Waals surface area (Å²) in [5, 5.41) is 2.65. The molecule has 2 N–H and O–H groups in total. The Hall–Kier alpha value is -0.660. The van der Waals surface area contributed by atoms with Crippen LogP contribution in [0.3, 0.4) is 0 Å². The van der Waals surface area contributed by atoms with Gasteiger partial charge in [-0.2, -0.15) is 0 Å². The van der Waals surface area contributed by atoms with E-state index in [2.05, 4.69) is 10.0 Å². The monoisotopic (exact) mass is 261 g/mol. The summed E-state index contributed by atoms with van der Waals surface area (Å²) in [5.41, 5.74) is 0. The molecule has 2 saturated heterocycles. The Labute approximate surface area is 102 Å². The fourth-order valence-corrected chi connectivity index (χ4v) is 2.92. The Bertz CT molecular complexity index is 403. The molecule has 2 rings (SSSR count). The summed E-state index contributed by atoms with van der Waals surface area (Å²) in [6, 6.07) is -0.0217. The quantitative estimate of drug-likeness (QED) is 0.672. The molecule has 1 amide bonds. The SMILES string of the molecule is CC(C)S(=O)(=O)NC1CC(=O)N(C2CNC2)C1. The van der Waals surface area contributed by atoms with Gasteiger partial charge in [0.1, 0.15) is 0 Å². The molecule has 0 bridgehead atoms. The molecule has 0 aromatic carbocycles. The summed E-state index contributed by atoms with van der Waals surface area (Å²) < 4.78 is 26.0. The average Bonchev–Trinajstić information content (AvgIpc) is 2.43. The van der Waals surface area contributed by atoms with Gasteiger partial charge in [-0.15, -0.1) is 0 Å². The van der Waals surface area contributed by atoms with Crippen LogP contribution in [0.25, 0.3) is 0 Å². The molecule has 2 aliphatic rings. The molecule has 0 aliphatic carbocycles. The van der Waals surface area contributed by atoms with E-state index in [1.54, 1.807) is 18.7 Å². The second-order valence-electron chi connectivity index (χ2n) is 4.97. The largest absolute Gasteiger partial charge is 0.335 e. The molecule has 1 atom stereocenters. The molecule has 0 saturated carbocycles. The number of amides is 1. The summed E-state index contributed by atoms with van der Waals surface area (Å²) >= 11 is 0. The van der Waals surface area contributed by atoms with E-state index in [0.29, 0.717) is 6.54 Å². The Morgan fingerprint density at radius 2 is 2.06 bits per heavy atom. The van der Waals surface area contributed by atoms with Gasteiger partial charge in [0, 0.05) is 32.1 Å². The molecule has 0 spiro atoms. The van der Waals surface area contributed by atoms with E-state index in [-0.39, 0.29) is 24.4 Å². The number of rotatable bonds is 4. The molecule has 2 heterocycles. The van der Waals surface area contributed by atoms with E-state index >= 15 is 0 Å². The highest BCUT2D eigenvalue weighted by Crippen LogP contribution is 2.17. The van der Waals surface area contributed by atoms with Gasteiger partial charge in [-0.3, -0.25) is 4.79 Å². The molecule has 6 nitrogen and oxygen atoms in total. The third-order valence-electron chi connectivity index (χ3n) is 3.31. The summed E-state index contributed by atoms with van der Waals surface area (Å²) in [4.78, 5) is 13.5. The van der Waals surface area contributed by atoms with Crippen molar-refractivity contribution < 1.29 is 13.2 Å². The molecule has 98 valence electrons. The lowest BCUT2D eigenvalue weighted by Crippen LogP contribution is -2.58. The van der Waals surface area contributed by atoms with Crippen LogP contribution in [0.1, 0.15) is 20.3 Å². The van der Waals surface area contributed by atoms with Crippen molar-refractivity contribution in [1.29, 1.82) is 0 Å². The zero-order chi connectivity index (χ0) is 12.6. The Morgan fingerprint density at radius 3 is 2.53 bits per heavy atom. The maximum atomic E-state index is 11.7. The van der Waals surface area contributed by atoms with Crippen LogP contribution in [0, 0.1) is 0 Å². The first-order valence-electron chi connectivity index (χ1n) is 5.91. The van der Waals surface area contributed by atoms with Crippen LogP contribution in [0.2, 0.25) is 0 Å². The van der Waals surface area contributed by atoms with Gasteiger partial charge in [0.2, 0.25) is 15.9 Å². The van der Waals surface area contributed by atoms with Gasteiger partial charge in [-0.25, -0.2) is 13.1 Å². The molecular formula is C10H19N3O3S. The van der Waals surface area contributed by atoms with Gasteiger partial charge in [-0.05, 0) is 13.8 Å². The van der Waals surface area contributed by atoms with Crippen LogP contribution in [-0.2, 0) is 14.8 Å². The fraction of sp³-hybridized carbons (Fsp3) is 0.900. The lowest BCUT2D eigenvalue weighted by atomic mass is 10.1. The number of carbonyl (C=O) groups excluding carboxylic acids is 1. The number of likely N-dealkylation sites (tertiary alicyclic amines) is 1. The zero-order valence-electron chi connectivity index (χ0n) is 10.1. The third kappa shape index (κ3) is 2.61. The summed E-state index contributed by atoms with van der Waals surface area (Å²) in [6.07, 6.45) is 0.280. The van der Waals surface area contributed by atoms with Crippen LogP contribution >= 0.6 is 0 Å². The van der Waals surface area contributed by atoms with Crippen LogP contribution in [0.4, 0.5) is 0 Å². The number of hydrogen-bond donors (Lipinski definition) is 2. The number of nitrogens with zero attached hydrogens (tertiary/aromatic N) is 1. The van der Waals surface area contributed by atoms with E-state index in [1.807, 2.05) is 0 Å². The lowest BCUT2D eigenvalue weighted by molar-refractivity contribution is -0.130. The second kappa shape index (κ2) is 4.55. The van der Waals surface area contributed by atoms with Crippen molar-refractivity contribution in [2.45, 2.75) is 37.6 Å². The molecule has 1 unspecified atom stereocenters. The van der Waals surface area contributed by atoms with Crippen molar-refractivity contribution in [3.63, 3.8) is 0 Å². The van der Waals surface area contributed by atoms with Crippen molar-refractivity contribution in [1.82, 2.24) is 14.9 Å². The Morgan fingerprint density at radius 1 is 1.41 bits per heavy atom. The third-order valence-corrected chi connectivity index (χ3v) is 5.21. The molecule has 0 radical (unpaired) electrons. The molecule has 7 heteroatoms. The topological polar surface area (TPSA) is 78.5 Å². The second-order valence-corrected chi connectivity index (χ2v) is 7.24. The van der Waals surface area contributed by atoms with Crippen LogP contribution in [0.15, 0.2) is 0 Å². The van der Waals surface area contributed by atoms with E-state index < -0.39 is 15.3 Å². The minimum absolute atomic E-state index is 0.0490. The van der Waals surface area contributed by atoms with Gasteiger partial charge in [-0.1, -0.05) is 0 Å². The first kappa shape index (κ1) is 12.8. The fourth-order valence-electron chi connectivity index (χ4n) is 2.03. The van der Waals surface area contributed by atoms with Gasteiger partial charge >= 0.3 is 0 Å². The lowest BCUT2D eigenvalue weighted by Gasteiger charge is -2.35. The highest BCUT2D eigenvalue weighted by Gasteiger charge is 2.38. The number of sulfonamides is 1.